The van der Waals surface area contributed by atoms with Gasteiger partial charge in [0.2, 0.25) is 0 Å². The molecule has 0 radical (unpaired) electrons. The Hall–Kier alpha value is -1.49. The highest BCUT2D eigenvalue weighted by molar-refractivity contribution is 5.47. The average Bonchev–Trinajstić information content (AvgIpc) is 2.50. The lowest BCUT2D eigenvalue weighted by atomic mass is 10.4. The molecule has 0 amide bonds. The maximum absolute atomic E-state index is 8.71. The molecule has 0 unspecified atom stereocenters. The Bertz CT molecular complexity index is 331. The maximum Gasteiger partial charge on any atom is 0.182 e. The Kier molecular flexibility index (Phi) is 1.29. The van der Waals surface area contributed by atoms with Gasteiger partial charge in [0.25, 0.3) is 0 Å². The topological polar surface area (TPSA) is 63.8 Å². The second-order valence-corrected chi connectivity index (χ2v) is 2.11. The third-order valence-corrected chi connectivity index (χ3v) is 1.39. The number of aliphatic hydroxyl groups is 1. The average molecular weight is 150 g/mol. The van der Waals surface area contributed by atoms with Gasteiger partial charge in [-0.25, -0.2) is 15.0 Å². The van der Waals surface area contributed by atoms with E-state index in [2.05, 4.69) is 15.0 Å². The summed E-state index contributed by atoms with van der Waals surface area (Å²) in [5.41, 5.74) is 0.696. The van der Waals surface area contributed by atoms with Crippen LogP contribution in [0.3, 0.4) is 0 Å². The van der Waals surface area contributed by atoms with Crippen LogP contribution >= 0.6 is 0 Å². The molecule has 2 rings (SSSR count). The fraction of sp³-hybridized carbons (Fsp3) is 0.167. The molecular weight excluding hydrogens is 144 g/mol. The molecule has 1 N–H and O–H groups in total. The zero-order valence-corrected chi connectivity index (χ0v) is 5.68. The van der Waals surface area contributed by atoms with E-state index in [1.54, 1.807) is 6.20 Å². The molecule has 0 aliphatic carbocycles. The second kappa shape index (κ2) is 2.28. The van der Waals surface area contributed by atoms with Crippen LogP contribution in [0.15, 0.2) is 18.9 Å². The normalized spacial score (nSPS) is 10.6. The van der Waals surface area contributed by atoms with Crippen LogP contribution in [0.2, 0.25) is 0 Å². The van der Waals surface area contributed by atoms with Gasteiger partial charge in [0.05, 0.1) is 6.33 Å². The molecule has 11 heavy (non-hydrogen) atoms. The number of hydrogen-bond acceptors (Lipinski definition) is 4. The largest absolute Gasteiger partial charge is 0.376 e. The second-order valence-electron chi connectivity index (χ2n) is 2.11. The van der Waals surface area contributed by atoms with Gasteiger partial charge in [0.1, 0.15) is 18.8 Å². The molecule has 56 valence electrons. The molecular formula is C6H6N4O. The lowest BCUT2D eigenvalue weighted by molar-refractivity contribution is 0.208. The van der Waals surface area contributed by atoms with E-state index in [4.69, 9.17) is 5.11 Å². The summed E-state index contributed by atoms with van der Waals surface area (Å²) in [7, 11) is 0. The summed E-state index contributed by atoms with van der Waals surface area (Å²) in [5.74, 6) is 0.606. The van der Waals surface area contributed by atoms with E-state index in [9.17, 15) is 0 Å². The predicted octanol–water partition coefficient (Wildman–Crippen LogP) is -0.272. The number of aromatic nitrogens is 4. The molecule has 0 aromatic carbocycles. The highest BCUT2D eigenvalue weighted by atomic mass is 16.3. The number of rotatable bonds is 1. The molecule has 0 saturated carbocycles. The molecule has 5 nitrogen and oxygen atoms in total. The number of imidazole rings is 1. The standard InChI is InChI=1S/C6H6N4O/c11-4-10-1-5-6(9-3-10)8-2-7-5/h1-3,11H,4H2. The van der Waals surface area contributed by atoms with Crippen molar-refractivity contribution in [1.82, 2.24) is 19.5 Å². The molecule has 2 aliphatic heterocycles. The van der Waals surface area contributed by atoms with Gasteiger partial charge in [-0.1, -0.05) is 0 Å². The number of hydrogen-bond donors (Lipinski definition) is 1. The van der Waals surface area contributed by atoms with Crippen molar-refractivity contribution in [3.8, 4) is 11.5 Å². The van der Waals surface area contributed by atoms with Crippen molar-refractivity contribution in [2.24, 2.45) is 0 Å². The lowest BCUT2D eigenvalue weighted by Gasteiger charge is -2.00. The van der Waals surface area contributed by atoms with Gasteiger partial charge >= 0.3 is 0 Å². The van der Waals surface area contributed by atoms with E-state index in [-0.39, 0.29) is 6.73 Å². The van der Waals surface area contributed by atoms with Crippen LogP contribution in [0.25, 0.3) is 11.5 Å². The quantitative estimate of drug-likeness (QED) is 0.607. The Morgan fingerprint density at radius 3 is 3.09 bits per heavy atom. The Balaban J connectivity index is 2.59. The highest BCUT2D eigenvalue weighted by Crippen LogP contribution is 2.10. The van der Waals surface area contributed by atoms with E-state index in [0.717, 1.165) is 0 Å². The number of fused-ring (bicyclic) bond motifs is 1. The molecule has 2 heterocycles. The smallest absolute Gasteiger partial charge is 0.182 e. The van der Waals surface area contributed by atoms with Crippen molar-refractivity contribution in [3.63, 3.8) is 0 Å². The van der Waals surface area contributed by atoms with Gasteiger partial charge in [0.15, 0.2) is 5.82 Å². The van der Waals surface area contributed by atoms with Crippen LogP contribution in [0.5, 0.6) is 0 Å². The van der Waals surface area contributed by atoms with Gasteiger partial charge < -0.3 is 9.67 Å². The van der Waals surface area contributed by atoms with Gasteiger partial charge in [0, 0.05) is 6.20 Å². The molecule has 5 heteroatoms. The van der Waals surface area contributed by atoms with E-state index < -0.39 is 0 Å². The first-order valence-electron chi connectivity index (χ1n) is 3.13. The third-order valence-electron chi connectivity index (χ3n) is 1.39. The van der Waals surface area contributed by atoms with Gasteiger partial charge in [-0.2, -0.15) is 0 Å². The van der Waals surface area contributed by atoms with Crippen molar-refractivity contribution in [3.05, 3.63) is 18.9 Å². The van der Waals surface area contributed by atoms with E-state index >= 15 is 0 Å². The van der Waals surface area contributed by atoms with Gasteiger partial charge in [-0.05, 0) is 0 Å². The minimum atomic E-state index is -0.0875. The molecule has 2 aliphatic rings. The minimum Gasteiger partial charge on any atom is -0.376 e. The van der Waals surface area contributed by atoms with Gasteiger partial charge in [-0.15, -0.1) is 0 Å². The van der Waals surface area contributed by atoms with Crippen LogP contribution in [0, 0.1) is 0 Å². The lowest BCUT2D eigenvalue weighted by Crippen LogP contribution is -2.00. The Morgan fingerprint density at radius 2 is 2.27 bits per heavy atom. The van der Waals surface area contributed by atoms with Crippen molar-refractivity contribution in [1.29, 1.82) is 0 Å². The molecule has 0 atom stereocenters. The molecule has 0 fully saturated rings. The van der Waals surface area contributed by atoms with Crippen LogP contribution in [0.4, 0.5) is 0 Å². The summed E-state index contributed by atoms with van der Waals surface area (Å²) in [6, 6.07) is 0. The van der Waals surface area contributed by atoms with Crippen molar-refractivity contribution < 1.29 is 5.11 Å². The van der Waals surface area contributed by atoms with Crippen LogP contribution in [0.1, 0.15) is 0 Å². The fourth-order valence-corrected chi connectivity index (χ4v) is 0.857. The van der Waals surface area contributed by atoms with E-state index in [1.165, 1.54) is 17.2 Å². The fourth-order valence-electron chi connectivity index (χ4n) is 0.857. The number of nitrogens with zero attached hydrogens (tertiary/aromatic N) is 4. The van der Waals surface area contributed by atoms with Crippen molar-refractivity contribution in [2.75, 3.05) is 0 Å². The van der Waals surface area contributed by atoms with Gasteiger partial charge in [-0.3, -0.25) is 0 Å². The van der Waals surface area contributed by atoms with Crippen molar-refractivity contribution in [2.45, 2.75) is 6.73 Å². The summed E-state index contributed by atoms with van der Waals surface area (Å²) in [5, 5.41) is 8.71. The summed E-state index contributed by atoms with van der Waals surface area (Å²) < 4.78 is 1.52. The first-order valence-corrected chi connectivity index (χ1v) is 3.13. The maximum atomic E-state index is 8.71. The zero-order chi connectivity index (χ0) is 7.68. The molecule has 0 spiro atoms. The first-order chi connectivity index (χ1) is 5.40. The van der Waals surface area contributed by atoms with Crippen LogP contribution < -0.4 is 0 Å². The Morgan fingerprint density at radius 1 is 1.36 bits per heavy atom. The monoisotopic (exact) mass is 150 g/mol. The van der Waals surface area contributed by atoms with Crippen molar-refractivity contribution >= 4 is 0 Å². The molecule has 0 saturated heterocycles. The highest BCUT2D eigenvalue weighted by Gasteiger charge is 2.05. The van der Waals surface area contributed by atoms with Crippen LogP contribution in [-0.2, 0) is 6.73 Å². The SMILES string of the molecule is OCn1cnc2ncnc-2c1. The molecule has 0 aromatic rings. The predicted molar refractivity (Wildman–Crippen MR) is 36.7 cm³/mol. The number of aliphatic hydroxyl groups excluding tert-OH is 1. The summed E-state index contributed by atoms with van der Waals surface area (Å²) in [6.45, 7) is -0.0875. The van der Waals surface area contributed by atoms with E-state index in [1.807, 2.05) is 0 Å². The first kappa shape index (κ1) is 6.23. The third kappa shape index (κ3) is 0.947. The summed E-state index contributed by atoms with van der Waals surface area (Å²) in [4.78, 5) is 11.7. The Labute approximate surface area is 62.7 Å². The van der Waals surface area contributed by atoms with E-state index in [0.29, 0.717) is 11.5 Å². The summed E-state index contributed by atoms with van der Waals surface area (Å²) >= 11 is 0. The minimum absolute atomic E-state index is 0.0875. The zero-order valence-electron chi connectivity index (χ0n) is 5.68. The molecule has 0 aromatic heterocycles. The molecule has 0 bridgehead atoms. The van der Waals surface area contributed by atoms with Crippen LogP contribution in [-0.4, -0.2) is 24.6 Å². The summed E-state index contributed by atoms with van der Waals surface area (Å²) in [6.07, 6.45) is 4.64.